The van der Waals surface area contributed by atoms with Crippen LogP contribution in [-0.2, 0) is 0 Å². The van der Waals surface area contributed by atoms with Crippen molar-refractivity contribution in [1.82, 2.24) is 15.2 Å². The Morgan fingerprint density at radius 3 is 2.40 bits per heavy atom. The Kier molecular flexibility index (Phi) is 4.93. The summed E-state index contributed by atoms with van der Waals surface area (Å²) >= 11 is 0. The van der Waals surface area contributed by atoms with E-state index in [-0.39, 0.29) is 5.91 Å². The molecule has 5 nitrogen and oxygen atoms in total. The number of carbonyl (C=O) groups is 1. The molecule has 3 aliphatic heterocycles. The van der Waals surface area contributed by atoms with Crippen molar-refractivity contribution in [2.45, 2.75) is 69.5 Å². The Morgan fingerprint density at radius 2 is 1.80 bits per heavy atom. The quantitative estimate of drug-likeness (QED) is 0.918. The summed E-state index contributed by atoms with van der Waals surface area (Å²) in [7, 11) is 1.96. The second-order valence-corrected chi connectivity index (χ2v) is 7.99. The van der Waals surface area contributed by atoms with Crippen LogP contribution in [0, 0.1) is 0 Å². The summed E-state index contributed by atoms with van der Waals surface area (Å²) in [4.78, 5) is 21.8. The van der Waals surface area contributed by atoms with Crippen molar-refractivity contribution >= 4 is 11.7 Å². The molecule has 4 heterocycles. The number of nitrogens with zero attached hydrogens (tertiary/aromatic N) is 3. The van der Waals surface area contributed by atoms with Gasteiger partial charge in [-0.1, -0.05) is 12.8 Å². The second-order valence-electron chi connectivity index (χ2n) is 7.99. The van der Waals surface area contributed by atoms with Crippen molar-refractivity contribution in [3.8, 4) is 0 Å². The zero-order valence-electron chi connectivity index (χ0n) is 15.3. The Balaban J connectivity index is 1.41. The van der Waals surface area contributed by atoms with Crippen molar-refractivity contribution in [1.29, 1.82) is 0 Å². The molecule has 0 aromatic carbocycles. The fraction of sp³-hybridized carbons (Fsp3) is 0.700. The van der Waals surface area contributed by atoms with Gasteiger partial charge in [-0.15, -0.1) is 0 Å². The lowest BCUT2D eigenvalue weighted by Crippen LogP contribution is -2.48. The Bertz CT molecular complexity index is 582. The third kappa shape index (κ3) is 3.66. The summed E-state index contributed by atoms with van der Waals surface area (Å²) in [5.74, 6) is 1.13. The van der Waals surface area contributed by atoms with Gasteiger partial charge in [-0.25, -0.2) is 4.98 Å². The number of fused-ring (bicyclic) bond motifs is 2. The molecule has 5 heteroatoms. The average Bonchev–Trinajstić information content (AvgIpc) is 2.85. The van der Waals surface area contributed by atoms with E-state index in [0.717, 1.165) is 31.7 Å². The van der Waals surface area contributed by atoms with Gasteiger partial charge in [-0.05, 0) is 50.7 Å². The van der Waals surface area contributed by atoms with Gasteiger partial charge in [0.2, 0.25) is 0 Å². The zero-order chi connectivity index (χ0) is 17.2. The molecule has 1 amide bonds. The number of hydrogen-bond acceptors (Lipinski definition) is 4. The molecular formula is C20H30N4O. The maximum atomic E-state index is 12.9. The summed E-state index contributed by atoms with van der Waals surface area (Å²) in [6.45, 7) is 2.16. The first kappa shape index (κ1) is 16.8. The number of anilines is 1. The molecule has 2 unspecified atom stereocenters. The van der Waals surface area contributed by atoms with Crippen LogP contribution < -0.4 is 10.2 Å². The standard InChI is InChI=1S/C20H30N4O/c1-23(18-12-16-7-8-17(13-18)22-16)20(25)15-6-9-19(21-14-15)24-10-4-2-3-5-11-24/h6,9,14,16-18,22H,2-5,7-8,10-13H2,1H3. The van der Waals surface area contributed by atoms with Gasteiger partial charge >= 0.3 is 0 Å². The molecule has 1 aromatic rings. The maximum absolute atomic E-state index is 12.9. The number of carbonyl (C=O) groups excluding carboxylic acids is 1. The number of hydrogen-bond donors (Lipinski definition) is 1. The predicted molar refractivity (Wildman–Crippen MR) is 100.0 cm³/mol. The maximum Gasteiger partial charge on any atom is 0.255 e. The van der Waals surface area contributed by atoms with Crippen LogP contribution in [0.4, 0.5) is 5.82 Å². The van der Waals surface area contributed by atoms with E-state index in [1.807, 2.05) is 24.1 Å². The normalized spacial score (nSPS) is 29.3. The molecule has 1 N–H and O–H groups in total. The largest absolute Gasteiger partial charge is 0.357 e. The van der Waals surface area contributed by atoms with Crippen LogP contribution in [0.5, 0.6) is 0 Å². The summed E-state index contributed by atoms with van der Waals surface area (Å²) < 4.78 is 0. The number of piperidine rings is 1. The van der Waals surface area contributed by atoms with Gasteiger partial charge in [0.05, 0.1) is 5.56 Å². The minimum Gasteiger partial charge on any atom is -0.357 e. The summed E-state index contributed by atoms with van der Waals surface area (Å²) in [5.41, 5.74) is 0.715. The monoisotopic (exact) mass is 342 g/mol. The highest BCUT2D eigenvalue weighted by Gasteiger charge is 2.36. The first-order chi connectivity index (χ1) is 12.2. The van der Waals surface area contributed by atoms with Crippen molar-refractivity contribution in [3.05, 3.63) is 23.9 Å². The molecule has 2 bridgehead atoms. The van der Waals surface area contributed by atoms with Crippen molar-refractivity contribution < 1.29 is 4.79 Å². The molecule has 2 atom stereocenters. The highest BCUT2D eigenvalue weighted by molar-refractivity contribution is 5.94. The van der Waals surface area contributed by atoms with Gasteiger partial charge in [0.1, 0.15) is 5.82 Å². The van der Waals surface area contributed by atoms with Crippen LogP contribution in [0.1, 0.15) is 61.7 Å². The van der Waals surface area contributed by atoms with Crippen LogP contribution in [0.3, 0.4) is 0 Å². The SMILES string of the molecule is CN(C(=O)c1ccc(N2CCCCCC2)nc1)C1CC2CCC(C1)N2. The molecule has 0 aliphatic carbocycles. The highest BCUT2D eigenvalue weighted by atomic mass is 16.2. The van der Waals surface area contributed by atoms with E-state index >= 15 is 0 Å². The molecule has 0 saturated carbocycles. The average molecular weight is 342 g/mol. The molecule has 0 radical (unpaired) electrons. The number of aromatic nitrogens is 1. The molecule has 1 aromatic heterocycles. The molecular weight excluding hydrogens is 312 g/mol. The van der Waals surface area contributed by atoms with Crippen LogP contribution in [0.2, 0.25) is 0 Å². The molecule has 0 spiro atoms. The number of amides is 1. The third-order valence-electron chi connectivity index (χ3n) is 6.24. The van der Waals surface area contributed by atoms with Gasteiger partial charge in [0, 0.05) is 44.5 Å². The van der Waals surface area contributed by atoms with E-state index in [4.69, 9.17) is 0 Å². The fourth-order valence-corrected chi connectivity index (χ4v) is 4.71. The zero-order valence-corrected chi connectivity index (χ0v) is 15.3. The van der Waals surface area contributed by atoms with Crippen molar-refractivity contribution in [2.75, 3.05) is 25.0 Å². The van der Waals surface area contributed by atoms with Gasteiger partial charge in [0.25, 0.3) is 5.91 Å². The van der Waals surface area contributed by atoms with E-state index in [1.165, 1.54) is 38.5 Å². The van der Waals surface area contributed by atoms with Crippen LogP contribution in [0.25, 0.3) is 0 Å². The second kappa shape index (κ2) is 7.32. The number of nitrogens with one attached hydrogen (secondary N) is 1. The topological polar surface area (TPSA) is 48.5 Å². The molecule has 3 fully saturated rings. The van der Waals surface area contributed by atoms with E-state index in [2.05, 4.69) is 15.2 Å². The Morgan fingerprint density at radius 1 is 1.12 bits per heavy atom. The van der Waals surface area contributed by atoms with Crippen molar-refractivity contribution in [3.63, 3.8) is 0 Å². The van der Waals surface area contributed by atoms with Crippen molar-refractivity contribution in [2.24, 2.45) is 0 Å². The lowest BCUT2D eigenvalue weighted by Gasteiger charge is -2.35. The van der Waals surface area contributed by atoms with E-state index in [9.17, 15) is 4.79 Å². The van der Waals surface area contributed by atoms with E-state index in [1.54, 1.807) is 6.20 Å². The Hall–Kier alpha value is -1.62. The van der Waals surface area contributed by atoms with E-state index in [0.29, 0.717) is 23.7 Å². The molecule has 3 saturated heterocycles. The van der Waals surface area contributed by atoms with E-state index < -0.39 is 0 Å². The van der Waals surface area contributed by atoms with Crippen LogP contribution >= 0.6 is 0 Å². The first-order valence-electron chi connectivity index (χ1n) is 9.95. The Labute approximate surface area is 150 Å². The summed E-state index contributed by atoms with van der Waals surface area (Å²) in [5, 5.41) is 3.65. The fourth-order valence-electron chi connectivity index (χ4n) is 4.71. The minimum absolute atomic E-state index is 0.112. The van der Waals surface area contributed by atoms with Gasteiger partial charge < -0.3 is 15.1 Å². The minimum atomic E-state index is 0.112. The lowest BCUT2D eigenvalue weighted by molar-refractivity contribution is 0.0681. The smallest absolute Gasteiger partial charge is 0.255 e. The first-order valence-corrected chi connectivity index (χ1v) is 9.95. The number of rotatable bonds is 3. The van der Waals surface area contributed by atoms with Crippen LogP contribution in [-0.4, -0.2) is 54.1 Å². The molecule has 25 heavy (non-hydrogen) atoms. The third-order valence-corrected chi connectivity index (χ3v) is 6.24. The van der Waals surface area contributed by atoms with Gasteiger partial charge in [-0.3, -0.25) is 4.79 Å². The summed E-state index contributed by atoms with van der Waals surface area (Å²) in [6.07, 6.45) is 11.6. The molecule has 4 rings (SSSR count). The van der Waals surface area contributed by atoms with Gasteiger partial charge in [-0.2, -0.15) is 0 Å². The highest BCUT2D eigenvalue weighted by Crippen LogP contribution is 2.30. The molecule has 3 aliphatic rings. The van der Waals surface area contributed by atoms with Crippen LogP contribution in [0.15, 0.2) is 18.3 Å². The lowest BCUT2D eigenvalue weighted by atomic mass is 9.98. The predicted octanol–water partition coefficient (Wildman–Crippen LogP) is 2.82. The number of pyridine rings is 1. The van der Waals surface area contributed by atoms with Gasteiger partial charge in [0.15, 0.2) is 0 Å². The summed E-state index contributed by atoms with van der Waals surface area (Å²) in [6, 6.07) is 5.54. The molecule has 136 valence electrons.